The van der Waals surface area contributed by atoms with Crippen LogP contribution in [0.5, 0.6) is 0 Å². The van der Waals surface area contributed by atoms with Crippen molar-refractivity contribution < 1.29 is 0 Å². The smallest absolute Gasteiger partial charge is 0.0643 e. The zero-order valence-electron chi connectivity index (χ0n) is 12.5. The van der Waals surface area contributed by atoms with E-state index in [0.717, 1.165) is 12.2 Å². The average molecular weight is 257 g/mol. The van der Waals surface area contributed by atoms with E-state index in [9.17, 15) is 0 Å². The van der Waals surface area contributed by atoms with Gasteiger partial charge in [0.1, 0.15) is 0 Å². The Morgan fingerprint density at radius 2 is 1.89 bits per heavy atom. The predicted octanol–water partition coefficient (Wildman–Crippen LogP) is 3.64. The Labute approximate surface area is 115 Å². The third-order valence-electron chi connectivity index (χ3n) is 3.32. The summed E-state index contributed by atoms with van der Waals surface area (Å²) >= 11 is 0. The van der Waals surface area contributed by atoms with Gasteiger partial charge in [-0.05, 0) is 24.0 Å². The van der Waals surface area contributed by atoms with Crippen LogP contribution in [0.3, 0.4) is 0 Å². The number of rotatable bonds is 3. The molecule has 0 aliphatic heterocycles. The molecular weight excluding hydrogens is 234 g/mol. The zero-order valence-corrected chi connectivity index (χ0v) is 12.5. The van der Waals surface area contributed by atoms with Crippen LogP contribution in [0.1, 0.15) is 37.6 Å². The second-order valence-corrected chi connectivity index (χ2v) is 6.06. The number of hydrogen-bond donors (Lipinski definition) is 1. The topological polar surface area (TPSA) is 29.9 Å². The van der Waals surface area contributed by atoms with Gasteiger partial charge < -0.3 is 5.32 Å². The van der Waals surface area contributed by atoms with Crippen molar-refractivity contribution >= 4 is 5.69 Å². The Hall–Kier alpha value is -1.77. The molecule has 1 aromatic heterocycles. The molecule has 0 aliphatic carbocycles. The molecule has 0 atom stereocenters. The van der Waals surface area contributed by atoms with Crippen LogP contribution in [0, 0.1) is 6.92 Å². The van der Waals surface area contributed by atoms with Crippen molar-refractivity contribution in [3.63, 3.8) is 0 Å². The maximum Gasteiger partial charge on any atom is 0.0643 e. The number of nitrogens with one attached hydrogen (secondary N) is 1. The van der Waals surface area contributed by atoms with Crippen LogP contribution in [-0.2, 0) is 19.0 Å². The third kappa shape index (κ3) is 3.16. The number of aromatic nitrogens is 2. The van der Waals surface area contributed by atoms with E-state index in [-0.39, 0.29) is 5.41 Å². The highest BCUT2D eigenvalue weighted by atomic mass is 15.2. The Morgan fingerprint density at radius 3 is 2.47 bits per heavy atom. The fourth-order valence-electron chi connectivity index (χ4n) is 2.30. The van der Waals surface area contributed by atoms with Crippen molar-refractivity contribution in [2.45, 2.75) is 39.7 Å². The van der Waals surface area contributed by atoms with Gasteiger partial charge in [0, 0.05) is 31.0 Å². The first-order valence-corrected chi connectivity index (χ1v) is 6.70. The summed E-state index contributed by atoms with van der Waals surface area (Å²) in [7, 11) is 1.96. The number of hydrogen-bond acceptors (Lipinski definition) is 2. The quantitative estimate of drug-likeness (QED) is 0.909. The van der Waals surface area contributed by atoms with Crippen LogP contribution < -0.4 is 5.32 Å². The summed E-state index contributed by atoms with van der Waals surface area (Å²) in [5.74, 6) is 0. The molecule has 1 N–H and O–H groups in total. The first-order chi connectivity index (χ1) is 8.88. The predicted molar refractivity (Wildman–Crippen MR) is 80.4 cm³/mol. The van der Waals surface area contributed by atoms with E-state index in [2.05, 4.69) is 61.6 Å². The SMILES string of the molecule is Cc1nn(C)cc1CNc1ccccc1C(C)(C)C. The average Bonchev–Trinajstić information content (AvgIpc) is 2.64. The lowest BCUT2D eigenvalue weighted by atomic mass is 9.86. The molecule has 1 heterocycles. The van der Waals surface area contributed by atoms with Crippen LogP contribution in [0.25, 0.3) is 0 Å². The normalized spacial score (nSPS) is 11.6. The number of para-hydroxylation sites is 1. The third-order valence-corrected chi connectivity index (χ3v) is 3.32. The van der Waals surface area contributed by atoms with Gasteiger partial charge in [0.25, 0.3) is 0 Å². The molecule has 0 fully saturated rings. The molecule has 0 spiro atoms. The Bertz CT molecular complexity index is 562. The molecule has 1 aromatic carbocycles. The lowest BCUT2D eigenvalue weighted by Gasteiger charge is -2.23. The molecular formula is C16H23N3. The van der Waals surface area contributed by atoms with Gasteiger partial charge in [0.15, 0.2) is 0 Å². The summed E-state index contributed by atoms with van der Waals surface area (Å²) in [6, 6.07) is 8.51. The fourth-order valence-corrected chi connectivity index (χ4v) is 2.30. The second kappa shape index (κ2) is 5.08. The summed E-state index contributed by atoms with van der Waals surface area (Å²) in [6.45, 7) is 9.58. The fraction of sp³-hybridized carbons (Fsp3) is 0.438. The Balaban J connectivity index is 2.18. The Morgan fingerprint density at radius 1 is 1.21 bits per heavy atom. The molecule has 3 heteroatoms. The van der Waals surface area contributed by atoms with Gasteiger partial charge in [0.2, 0.25) is 0 Å². The summed E-state index contributed by atoms with van der Waals surface area (Å²) < 4.78 is 1.86. The van der Waals surface area contributed by atoms with E-state index >= 15 is 0 Å². The van der Waals surface area contributed by atoms with E-state index < -0.39 is 0 Å². The summed E-state index contributed by atoms with van der Waals surface area (Å²) in [6.07, 6.45) is 2.07. The van der Waals surface area contributed by atoms with Crippen LogP contribution >= 0.6 is 0 Å². The number of anilines is 1. The van der Waals surface area contributed by atoms with Crippen molar-refractivity contribution in [3.05, 3.63) is 47.3 Å². The largest absolute Gasteiger partial charge is 0.381 e. The molecule has 0 saturated carbocycles. The molecule has 0 saturated heterocycles. The molecule has 0 aliphatic rings. The minimum Gasteiger partial charge on any atom is -0.381 e. The van der Waals surface area contributed by atoms with Gasteiger partial charge in [-0.15, -0.1) is 0 Å². The standard InChI is InChI=1S/C16H23N3/c1-12-13(11-19(5)18-12)10-17-15-9-7-6-8-14(15)16(2,3)4/h6-9,11,17H,10H2,1-5H3. The summed E-state index contributed by atoms with van der Waals surface area (Å²) in [4.78, 5) is 0. The van der Waals surface area contributed by atoms with E-state index in [4.69, 9.17) is 0 Å². The molecule has 2 aromatic rings. The molecule has 0 amide bonds. The minimum atomic E-state index is 0.146. The minimum absolute atomic E-state index is 0.146. The zero-order chi connectivity index (χ0) is 14.0. The maximum atomic E-state index is 4.37. The molecule has 0 radical (unpaired) electrons. The molecule has 0 unspecified atom stereocenters. The van der Waals surface area contributed by atoms with Gasteiger partial charge in [-0.1, -0.05) is 39.0 Å². The van der Waals surface area contributed by atoms with Gasteiger partial charge >= 0.3 is 0 Å². The summed E-state index contributed by atoms with van der Waals surface area (Å²) in [5, 5.41) is 7.91. The lowest BCUT2D eigenvalue weighted by molar-refractivity contribution is 0.591. The molecule has 0 bridgehead atoms. The highest BCUT2D eigenvalue weighted by molar-refractivity contribution is 5.54. The maximum absolute atomic E-state index is 4.37. The molecule has 19 heavy (non-hydrogen) atoms. The van der Waals surface area contributed by atoms with Gasteiger partial charge in [-0.2, -0.15) is 5.10 Å². The van der Waals surface area contributed by atoms with Crippen LogP contribution in [0.2, 0.25) is 0 Å². The van der Waals surface area contributed by atoms with Crippen LogP contribution in [-0.4, -0.2) is 9.78 Å². The highest BCUT2D eigenvalue weighted by Crippen LogP contribution is 2.29. The summed E-state index contributed by atoms with van der Waals surface area (Å²) in [5.41, 5.74) is 5.03. The van der Waals surface area contributed by atoms with E-state index in [1.54, 1.807) is 0 Å². The van der Waals surface area contributed by atoms with E-state index in [0.29, 0.717) is 0 Å². The van der Waals surface area contributed by atoms with Crippen molar-refractivity contribution in [2.75, 3.05) is 5.32 Å². The highest BCUT2D eigenvalue weighted by Gasteiger charge is 2.17. The van der Waals surface area contributed by atoms with Gasteiger partial charge in [0.05, 0.1) is 5.69 Å². The lowest BCUT2D eigenvalue weighted by Crippen LogP contribution is -2.14. The molecule has 3 nitrogen and oxygen atoms in total. The van der Waals surface area contributed by atoms with Crippen LogP contribution in [0.15, 0.2) is 30.5 Å². The first kappa shape index (κ1) is 13.7. The molecule has 2 rings (SSSR count). The number of aryl methyl sites for hydroxylation is 2. The Kier molecular flexibility index (Phi) is 3.65. The van der Waals surface area contributed by atoms with Gasteiger partial charge in [-0.3, -0.25) is 4.68 Å². The van der Waals surface area contributed by atoms with Crippen LogP contribution in [0.4, 0.5) is 5.69 Å². The van der Waals surface area contributed by atoms with Crippen molar-refractivity contribution in [3.8, 4) is 0 Å². The first-order valence-electron chi connectivity index (χ1n) is 6.70. The number of nitrogens with zero attached hydrogens (tertiary/aromatic N) is 2. The second-order valence-electron chi connectivity index (χ2n) is 6.06. The monoisotopic (exact) mass is 257 g/mol. The number of benzene rings is 1. The van der Waals surface area contributed by atoms with Crippen molar-refractivity contribution in [2.24, 2.45) is 7.05 Å². The van der Waals surface area contributed by atoms with E-state index in [1.165, 1.54) is 16.8 Å². The van der Waals surface area contributed by atoms with Gasteiger partial charge in [-0.25, -0.2) is 0 Å². The molecule has 102 valence electrons. The van der Waals surface area contributed by atoms with E-state index in [1.807, 2.05) is 18.7 Å². The van der Waals surface area contributed by atoms with Crippen molar-refractivity contribution in [1.29, 1.82) is 0 Å². The van der Waals surface area contributed by atoms with Crippen molar-refractivity contribution in [1.82, 2.24) is 9.78 Å².